The van der Waals surface area contributed by atoms with Crippen LogP contribution < -0.4 is 9.47 Å². The maximum absolute atomic E-state index is 5.69. The summed E-state index contributed by atoms with van der Waals surface area (Å²) in [6.45, 7) is 10.1. The van der Waals surface area contributed by atoms with E-state index in [-0.39, 0.29) is 0 Å². The Balaban J connectivity index is 1.99. The van der Waals surface area contributed by atoms with Crippen LogP contribution in [0.5, 0.6) is 11.5 Å². The van der Waals surface area contributed by atoms with Gasteiger partial charge in [-0.05, 0) is 78.0 Å². The Hall–Kier alpha value is -1.18. The normalized spacial score (nSPS) is 38.1. The smallest absolute Gasteiger partial charge is 0.122 e. The summed E-state index contributed by atoms with van der Waals surface area (Å²) < 4.78 is 11.2. The number of fused-ring (bicyclic) bond motifs is 1. The molecule has 2 aliphatic rings. The molecule has 3 rings (SSSR count). The predicted octanol–water partition coefficient (Wildman–Crippen LogP) is 6.13. The number of benzene rings is 1. The first-order valence-electron chi connectivity index (χ1n) is 10.1. The van der Waals surface area contributed by atoms with Gasteiger partial charge in [0.2, 0.25) is 0 Å². The van der Waals surface area contributed by atoms with E-state index >= 15 is 0 Å². The van der Waals surface area contributed by atoms with E-state index in [0.717, 1.165) is 35.7 Å². The first-order chi connectivity index (χ1) is 11.8. The van der Waals surface area contributed by atoms with Crippen molar-refractivity contribution in [3.63, 3.8) is 0 Å². The Morgan fingerprint density at radius 1 is 1.00 bits per heavy atom. The monoisotopic (exact) mass is 344 g/mol. The molecule has 0 N–H and O–H groups in total. The summed E-state index contributed by atoms with van der Waals surface area (Å²) in [5, 5.41) is 0. The zero-order valence-electron chi connectivity index (χ0n) is 17.0. The maximum Gasteiger partial charge on any atom is 0.122 e. The van der Waals surface area contributed by atoms with E-state index in [1.807, 2.05) is 6.07 Å². The molecule has 1 aromatic carbocycles. The molecule has 5 atom stereocenters. The van der Waals surface area contributed by atoms with Gasteiger partial charge in [-0.15, -0.1) is 0 Å². The molecular weight excluding hydrogens is 308 g/mol. The van der Waals surface area contributed by atoms with Gasteiger partial charge in [0, 0.05) is 0 Å². The molecule has 0 unspecified atom stereocenters. The molecule has 0 aliphatic heterocycles. The van der Waals surface area contributed by atoms with Crippen LogP contribution in [0.3, 0.4) is 0 Å². The van der Waals surface area contributed by atoms with Gasteiger partial charge in [0.05, 0.1) is 14.2 Å². The minimum Gasteiger partial charge on any atom is -0.497 e. The Morgan fingerprint density at radius 3 is 2.44 bits per heavy atom. The average molecular weight is 345 g/mol. The van der Waals surface area contributed by atoms with E-state index in [9.17, 15) is 0 Å². The van der Waals surface area contributed by atoms with Crippen LogP contribution in [-0.4, -0.2) is 14.2 Å². The van der Waals surface area contributed by atoms with Crippen molar-refractivity contribution >= 4 is 0 Å². The maximum atomic E-state index is 5.69. The highest BCUT2D eigenvalue weighted by Crippen LogP contribution is 2.62. The molecule has 0 amide bonds. The molecule has 0 heterocycles. The van der Waals surface area contributed by atoms with E-state index in [0.29, 0.717) is 10.8 Å². The van der Waals surface area contributed by atoms with Gasteiger partial charge in [-0.25, -0.2) is 0 Å². The van der Waals surface area contributed by atoms with Gasteiger partial charge in [0.1, 0.15) is 11.5 Å². The fourth-order valence-corrected chi connectivity index (χ4v) is 6.06. The molecule has 140 valence electrons. The second kappa shape index (κ2) is 6.85. The summed E-state index contributed by atoms with van der Waals surface area (Å²) in [6.07, 6.45) is 8.00. The van der Waals surface area contributed by atoms with Crippen LogP contribution in [0.1, 0.15) is 65.4 Å². The molecule has 2 fully saturated rings. The van der Waals surface area contributed by atoms with Crippen molar-refractivity contribution in [2.75, 3.05) is 14.2 Å². The number of hydrogen-bond donors (Lipinski definition) is 0. The predicted molar refractivity (Wildman–Crippen MR) is 104 cm³/mol. The number of methoxy groups -OCH3 is 2. The average Bonchev–Trinajstić information content (AvgIpc) is 2.60. The molecule has 1 aromatic rings. The Bertz CT molecular complexity index is 610. The lowest BCUT2D eigenvalue weighted by Gasteiger charge is -2.60. The molecule has 2 saturated carbocycles. The van der Waals surface area contributed by atoms with Crippen molar-refractivity contribution < 1.29 is 9.47 Å². The van der Waals surface area contributed by atoms with Crippen LogP contribution >= 0.6 is 0 Å². The molecule has 25 heavy (non-hydrogen) atoms. The molecule has 0 aromatic heterocycles. The van der Waals surface area contributed by atoms with Crippen molar-refractivity contribution in [3.05, 3.63) is 23.8 Å². The van der Waals surface area contributed by atoms with Gasteiger partial charge in [0.25, 0.3) is 0 Å². The van der Waals surface area contributed by atoms with Gasteiger partial charge in [0.15, 0.2) is 0 Å². The first kappa shape index (κ1) is 18.6. The van der Waals surface area contributed by atoms with Crippen LogP contribution in [0, 0.1) is 28.6 Å². The first-order valence-corrected chi connectivity index (χ1v) is 10.1. The Kier molecular flexibility index (Phi) is 5.10. The van der Waals surface area contributed by atoms with Crippen LogP contribution in [0.4, 0.5) is 0 Å². The van der Waals surface area contributed by atoms with Crippen LogP contribution in [0.15, 0.2) is 18.2 Å². The summed E-state index contributed by atoms with van der Waals surface area (Å²) in [4.78, 5) is 0. The Morgan fingerprint density at radius 2 is 1.76 bits per heavy atom. The molecule has 2 heteroatoms. The summed E-state index contributed by atoms with van der Waals surface area (Å²) in [6, 6.07) is 6.25. The number of rotatable bonds is 4. The van der Waals surface area contributed by atoms with Crippen molar-refractivity contribution in [2.24, 2.45) is 28.6 Å². The summed E-state index contributed by atoms with van der Waals surface area (Å²) in [5.41, 5.74) is 2.12. The van der Waals surface area contributed by atoms with Gasteiger partial charge in [-0.3, -0.25) is 0 Å². The molecule has 2 aliphatic carbocycles. The third-order valence-corrected chi connectivity index (χ3v) is 8.15. The largest absolute Gasteiger partial charge is 0.497 e. The van der Waals surface area contributed by atoms with Crippen LogP contribution in [0.2, 0.25) is 0 Å². The third kappa shape index (κ3) is 3.06. The molecular formula is C23H36O2. The summed E-state index contributed by atoms with van der Waals surface area (Å²) >= 11 is 0. The quantitative estimate of drug-likeness (QED) is 0.654. The topological polar surface area (TPSA) is 18.5 Å². The minimum atomic E-state index is 0.321. The van der Waals surface area contributed by atoms with Gasteiger partial charge >= 0.3 is 0 Å². The highest BCUT2D eigenvalue weighted by Gasteiger charge is 2.54. The molecule has 0 spiro atoms. The molecule has 2 nitrogen and oxygen atoms in total. The minimum absolute atomic E-state index is 0.321. The lowest BCUT2D eigenvalue weighted by molar-refractivity contribution is -0.104. The number of hydrogen-bond acceptors (Lipinski definition) is 2. The van der Waals surface area contributed by atoms with E-state index < -0.39 is 0 Å². The van der Waals surface area contributed by atoms with E-state index in [4.69, 9.17) is 9.47 Å². The summed E-state index contributed by atoms with van der Waals surface area (Å²) in [5.74, 6) is 4.31. The third-order valence-electron chi connectivity index (χ3n) is 8.15. The van der Waals surface area contributed by atoms with E-state index in [1.165, 1.54) is 37.7 Å². The zero-order valence-corrected chi connectivity index (χ0v) is 17.0. The summed E-state index contributed by atoms with van der Waals surface area (Å²) in [7, 11) is 3.53. The van der Waals surface area contributed by atoms with E-state index in [2.05, 4.69) is 39.8 Å². The molecule has 0 bridgehead atoms. The highest BCUT2D eigenvalue weighted by molar-refractivity contribution is 5.41. The Labute approximate surface area is 154 Å². The van der Waals surface area contributed by atoms with Crippen LogP contribution in [0.25, 0.3) is 0 Å². The molecule has 0 radical (unpaired) electrons. The fraction of sp³-hybridized carbons (Fsp3) is 0.739. The van der Waals surface area contributed by atoms with E-state index in [1.54, 1.807) is 14.2 Å². The number of ether oxygens (including phenoxy) is 2. The molecule has 0 saturated heterocycles. The van der Waals surface area contributed by atoms with Crippen molar-refractivity contribution in [1.82, 2.24) is 0 Å². The van der Waals surface area contributed by atoms with Gasteiger partial charge < -0.3 is 9.47 Å². The SMILES string of the molecule is COc1ccc(OC)c(C[C@@]2(C)[C@@H]3CCC[C@H](C)[C@@]3(C)CC[C@@H]2C)c1. The lowest BCUT2D eigenvalue weighted by Crippen LogP contribution is -2.53. The second-order valence-electron chi connectivity index (χ2n) is 9.19. The van der Waals surface area contributed by atoms with Crippen molar-refractivity contribution in [2.45, 2.75) is 66.2 Å². The highest BCUT2D eigenvalue weighted by atomic mass is 16.5. The van der Waals surface area contributed by atoms with Gasteiger partial charge in [-0.1, -0.05) is 40.5 Å². The second-order valence-corrected chi connectivity index (χ2v) is 9.19. The zero-order chi connectivity index (χ0) is 18.2. The van der Waals surface area contributed by atoms with Gasteiger partial charge in [-0.2, -0.15) is 0 Å². The standard InChI is InChI=1S/C23H36O2/c1-16-8-7-9-21-22(16,3)13-12-17(2)23(21,4)15-18-14-19(24-5)10-11-20(18)25-6/h10-11,14,16-17,21H,7-9,12-13,15H2,1-6H3/t16-,17-,21+,22+,23+/m0/s1. The van der Waals surface area contributed by atoms with Crippen molar-refractivity contribution in [3.8, 4) is 11.5 Å². The fourth-order valence-electron chi connectivity index (χ4n) is 6.06. The van der Waals surface area contributed by atoms with Crippen molar-refractivity contribution in [1.29, 1.82) is 0 Å². The van der Waals surface area contributed by atoms with Crippen LogP contribution in [-0.2, 0) is 6.42 Å². The lowest BCUT2D eigenvalue weighted by atomic mass is 9.45.